The summed E-state index contributed by atoms with van der Waals surface area (Å²) in [6.07, 6.45) is 6.92. The third kappa shape index (κ3) is 2.60. The maximum Gasteiger partial charge on any atom is 0.331 e. The molecule has 0 fully saturated rings. The number of hydrogen-bond donors (Lipinski definition) is 1. The van der Waals surface area contributed by atoms with Crippen molar-refractivity contribution in [1.82, 2.24) is 9.55 Å². The van der Waals surface area contributed by atoms with Crippen molar-refractivity contribution < 1.29 is 9.90 Å². The molecule has 1 heterocycles. The molecule has 0 saturated heterocycles. The van der Waals surface area contributed by atoms with Crippen LogP contribution in [0.4, 0.5) is 0 Å². The van der Waals surface area contributed by atoms with Gasteiger partial charge in [-0.05, 0) is 30.7 Å². The molecule has 0 amide bonds. The second-order valence-corrected chi connectivity index (χ2v) is 3.69. The van der Waals surface area contributed by atoms with E-state index < -0.39 is 5.97 Å². The second kappa shape index (κ2) is 4.65. The van der Waals surface area contributed by atoms with E-state index in [2.05, 4.69) is 4.98 Å². The molecule has 17 heavy (non-hydrogen) atoms. The predicted octanol–water partition coefficient (Wildman–Crippen LogP) is 2.36. The molecule has 0 spiro atoms. The van der Waals surface area contributed by atoms with Gasteiger partial charge in [0.2, 0.25) is 0 Å². The van der Waals surface area contributed by atoms with Crippen LogP contribution in [0, 0.1) is 0 Å². The monoisotopic (exact) mass is 228 g/mol. The number of nitrogens with zero attached hydrogens (tertiary/aromatic N) is 2. The molecule has 86 valence electrons. The van der Waals surface area contributed by atoms with E-state index in [0.29, 0.717) is 5.57 Å². The topological polar surface area (TPSA) is 55.1 Å². The zero-order valence-electron chi connectivity index (χ0n) is 9.37. The molecule has 0 atom stereocenters. The number of aromatic nitrogens is 2. The van der Waals surface area contributed by atoms with Crippen LogP contribution in [0.2, 0.25) is 0 Å². The lowest BCUT2D eigenvalue weighted by molar-refractivity contribution is -0.132. The van der Waals surface area contributed by atoms with Gasteiger partial charge in [0.25, 0.3) is 0 Å². The van der Waals surface area contributed by atoms with E-state index in [1.54, 1.807) is 25.5 Å². The summed E-state index contributed by atoms with van der Waals surface area (Å²) in [5.41, 5.74) is 2.18. The molecule has 1 aromatic carbocycles. The third-order valence-corrected chi connectivity index (χ3v) is 2.42. The van der Waals surface area contributed by atoms with Crippen molar-refractivity contribution >= 4 is 12.0 Å². The highest BCUT2D eigenvalue weighted by Gasteiger charge is 2.00. The van der Waals surface area contributed by atoms with Crippen molar-refractivity contribution in [1.29, 1.82) is 0 Å². The molecule has 0 aliphatic rings. The van der Waals surface area contributed by atoms with Gasteiger partial charge in [-0.25, -0.2) is 9.78 Å². The molecular formula is C13H12N2O2. The summed E-state index contributed by atoms with van der Waals surface area (Å²) in [5, 5.41) is 8.77. The van der Waals surface area contributed by atoms with Crippen LogP contribution in [-0.4, -0.2) is 20.6 Å². The maximum atomic E-state index is 10.7. The molecule has 2 rings (SSSR count). The standard InChI is InChI=1S/C13H12N2O2/c1-10(13(16)17)8-11-2-4-12(5-3-11)15-7-6-14-9-15/h2-9H,1H3,(H,16,17)/b10-8+. The van der Waals surface area contributed by atoms with Crippen LogP contribution in [0.15, 0.2) is 48.6 Å². The Bertz CT molecular complexity index is 539. The van der Waals surface area contributed by atoms with Crippen LogP contribution in [0.1, 0.15) is 12.5 Å². The molecular weight excluding hydrogens is 216 g/mol. The molecule has 4 heteroatoms. The highest BCUT2D eigenvalue weighted by molar-refractivity contribution is 5.91. The minimum atomic E-state index is -0.899. The van der Waals surface area contributed by atoms with E-state index in [0.717, 1.165) is 11.3 Å². The van der Waals surface area contributed by atoms with Gasteiger partial charge >= 0.3 is 5.97 Å². The molecule has 4 nitrogen and oxygen atoms in total. The Morgan fingerprint density at radius 2 is 2.06 bits per heavy atom. The Morgan fingerprint density at radius 3 is 2.59 bits per heavy atom. The van der Waals surface area contributed by atoms with Crippen LogP contribution < -0.4 is 0 Å². The summed E-state index contributed by atoms with van der Waals surface area (Å²) in [5.74, 6) is -0.899. The molecule has 2 aromatic rings. The van der Waals surface area contributed by atoms with Crippen molar-refractivity contribution in [2.75, 3.05) is 0 Å². The number of carbonyl (C=O) groups is 1. The summed E-state index contributed by atoms with van der Waals surface area (Å²) in [6.45, 7) is 1.58. The van der Waals surface area contributed by atoms with E-state index >= 15 is 0 Å². The lowest BCUT2D eigenvalue weighted by Gasteiger charge is -2.02. The number of hydrogen-bond acceptors (Lipinski definition) is 2. The SMILES string of the molecule is C/C(=C\c1ccc(-n2ccnc2)cc1)C(=O)O. The van der Waals surface area contributed by atoms with E-state index in [1.165, 1.54) is 0 Å². The van der Waals surface area contributed by atoms with Crippen molar-refractivity contribution in [3.05, 3.63) is 54.1 Å². The molecule has 0 aliphatic heterocycles. The zero-order chi connectivity index (χ0) is 12.3. The van der Waals surface area contributed by atoms with Gasteiger partial charge in [-0.15, -0.1) is 0 Å². The Kier molecular flexibility index (Phi) is 3.05. The predicted molar refractivity (Wildman–Crippen MR) is 64.9 cm³/mol. The Balaban J connectivity index is 2.25. The molecule has 0 radical (unpaired) electrons. The molecule has 0 bridgehead atoms. The maximum absolute atomic E-state index is 10.7. The van der Waals surface area contributed by atoms with E-state index in [1.807, 2.05) is 35.0 Å². The minimum absolute atomic E-state index is 0.320. The first-order chi connectivity index (χ1) is 8.16. The minimum Gasteiger partial charge on any atom is -0.478 e. The highest BCUT2D eigenvalue weighted by atomic mass is 16.4. The van der Waals surface area contributed by atoms with Crippen LogP contribution in [0.5, 0.6) is 0 Å². The second-order valence-electron chi connectivity index (χ2n) is 3.69. The van der Waals surface area contributed by atoms with Crippen molar-refractivity contribution in [3.63, 3.8) is 0 Å². The summed E-state index contributed by atoms with van der Waals surface area (Å²) in [4.78, 5) is 14.6. The van der Waals surface area contributed by atoms with Crippen molar-refractivity contribution in [2.24, 2.45) is 0 Å². The van der Waals surface area contributed by atoms with E-state index in [9.17, 15) is 4.79 Å². The van der Waals surface area contributed by atoms with Gasteiger partial charge in [-0.2, -0.15) is 0 Å². The summed E-state index contributed by atoms with van der Waals surface area (Å²) < 4.78 is 1.89. The number of imidazole rings is 1. The average molecular weight is 228 g/mol. The number of carboxylic acid groups (broad SMARTS) is 1. The highest BCUT2D eigenvalue weighted by Crippen LogP contribution is 2.12. The lowest BCUT2D eigenvalue weighted by Crippen LogP contribution is -1.95. The molecule has 1 N–H and O–H groups in total. The fourth-order valence-electron chi connectivity index (χ4n) is 1.47. The lowest BCUT2D eigenvalue weighted by atomic mass is 10.1. The van der Waals surface area contributed by atoms with Gasteiger partial charge in [0.05, 0.1) is 6.33 Å². The summed E-state index contributed by atoms with van der Waals surface area (Å²) in [7, 11) is 0. The molecule has 0 unspecified atom stereocenters. The normalized spacial score (nSPS) is 11.5. The number of rotatable bonds is 3. The Labute approximate surface area is 98.9 Å². The largest absolute Gasteiger partial charge is 0.478 e. The average Bonchev–Trinajstić information content (AvgIpc) is 2.83. The van der Waals surface area contributed by atoms with Crippen LogP contribution in [0.25, 0.3) is 11.8 Å². The fraction of sp³-hybridized carbons (Fsp3) is 0.0769. The first kappa shape index (κ1) is 11.1. The van der Waals surface area contributed by atoms with Gasteiger partial charge in [0, 0.05) is 23.7 Å². The van der Waals surface area contributed by atoms with Crippen LogP contribution in [0.3, 0.4) is 0 Å². The first-order valence-electron chi connectivity index (χ1n) is 5.17. The Hall–Kier alpha value is -2.36. The molecule has 1 aromatic heterocycles. The van der Waals surface area contributed by atoms with Gasteiger partial charge < -0.3 is 9.67 Å². The first-order valence-corrected chi connectivity index (χ1v) is 5.17. The summed E-state index contributed by atoms with van der Waals surface area (Å²) in [6, 6.07) is 7.59. The number of aliphatic carboxylic acids is 1. The van der Waals surface area contributed by atoms with E-state index in [-0.39, 0.29) is 0 Å². The third-order valence-electron chi connectivity index (χ3n) is 2.42. The quantitative estimate of drug-likeness (QED) is 0.820. The van der Waals surface area contributed by atoms with Crippen LogP contribution >= 0.6 is 0 Å². The number of benzene rings is 1. The number of carboxylic acids is 1. The Morgan fingerprint density at radius 1 is 1.35 bits per heavy atom. The van der Waals surface area contributed by atoms with Crippen molar-refractivity contribution in [2.45, 2.75) is 6.92 Å². The van der Waals surface area contributed by atoms with Gasteiger partial charge in [-0.1, -0.05) is 12.1 Å². The van der Waals surface area contributed by atoms with Gasteiger partial charge in [0.15, 0.2) is 0 Å². The van der Waals surface area contributed by atoms with Crippen molar-refractivity contribution in [3.8, 4) is 5.69 Å². The van der Waals surface area contributed by atoms with Crippen LogP contribution in [-0.2, 0) is 4.79 Å². The summed E-state index contributed by atoms with van der Waals surface area (Å²) >= 11 is 0. The molecule has 0 aliphatic carbocycles. The van der Waals surface area contributed by atoms with Gasteiger partial charge in [-0.3, -0.25) is 0 Å². The smallest absolute Gasteiger partial charge is 0.331 e. The van der Waals surface area contributed by atoms with E-state index in [4.69, 9.17) is 5.11 Å². The molecule has 0 saturated carbocycles. The fourth-order valence-corrected chi connectivity index (χ4v) is 1.47. The van der Waals surface area contributed by atoms with Gasteiger partial charge in [0.1, 0.15) is 0 Å². The zero-order valence-corrected chi connectivity index (χ0v) is 9.37.